The van der Waals surface area contributed by atoms with Crippen LogP contribution in [0.5, 0.6) is 5.75 Å². The predicted molar refractivity (Wildman–Crippen MR) is 73.7 cm³/mol. The highest BCUT2D eigenvalue weighted by atomic mass is 16.5. The monoisotopic (exact) mass is 249 g/mol. The quantitative estimate of drug-likeness (QED) is 0.707. The van der Waals surface area contributed by atoms with Gasteiger partial charge in [0.15, 0.2) is 0 Å². The standard InChI is InChI=1S/C15H23NO2/c1-2-3-4-5-6-7-8-13-9-11-14(12-10-13)18-15(16)17/h9-12H,2-8H2,1H3,(H2,16,17). The number of rotatable bonds is 8. The van der Waals surface area contributed by atoms with Crippen LogP contribution >= 0.6 is 0 Å². The Bertz CT molecular complexity index is 346. The average molecular weight is 249 g/mol. The fourth-order valence-electron chi connectivity index (χ4n) is 1.95. The summed E-state index contributed by atoms with van der Waals surface area (Å²) in [5, 5.41) is 0. The highest BCUT2D eigenvalue weighted by Crippen LogP contribution is 2.15. The van der Waals surface area contributed by atoms with E-state index in [2.05, 4.69) is 6.92 Å². The normalized spacial score (nSPS) is 10.3. The minimum atomic E-state index is -0.765. The van der Waals surface area contributed by atoms with Gasteiger partial charge in [0.2, 0.25) is 0 Å². The van der Waals surface area contributed by atoms with Crippen LogP contribution in [0.1, 0.15) is 51.0 Å². The Labute approximate surface area is 109 Å². The second kappa shape index (κ2) is 8.56. The van der Waals surface area contributed by atoms with Gasteiger partial charge in [-0.2, -0.15) is 0 Å². The van der Waals surface area contributed by atoms with Crippen LogP contribution in [0, 0.1) is 0 Å². The molecule has 0 aromatic heterocycles. The van der Waals surface area contributed by atoms with E-state index in [1.165, 1.54) is 44.1 Å². The molecule has 0 atom stereocenters. The molecule has 0 radical (unpaired) electrons. The average Bonchev–Trinajstić information content (AvgIpc) is 2.35. The molecule has 0 aliphatic carbocycles. The lowest BCUT2D eigenvalue weighted by Gasteiger charge is -2.04. The van der Waals surface area contributed by atoms with Crippen molar-refractivity contribution in [1.82, 2.24) is 0 Å². The van der Waals surface area contributed by atoms with Gasteiger partial charge in [-0.3, -0.25) is 0 Å². The molecule has 0 saturated heterocycles. The molecular formula is C15H23NO2. The summed E-state index contributed by atoms with van der Waals surface area (Å²) in [7, 11) is 0. The van der Waals surface area contributed by atoms with E-state index in [0.717, 1.165) is 6.42 Å². The third-order valence-electron chi connectivity index (χ3n) is 2.96. The van der Waals surface area contributed by atoms with Crippen LogP contribution in [0.4, 0.5) is 4.79 Å². The maximum atomic E-state index is 10.6. The molecule has 100 valence electrons. The SMILES string of the molecule is CCCCCCCCc1ccc(OC(N)=O)cc1. The van der Waals surface area contributed by atoms with Crippen LogP contribution in [-0.4, -0.2) is 6.09 Å². The summed E-state index contributed by atoms with van der Waals surface area (Å²) in [4.78, 5) is 10.6. The number of carbonyl (C=O) groups is 1. The number of aryl methyl sites for hydroxylation is 1. The molecule has 3 heteroatoms. The van der Waals surface area contributed by atoms with Crippen molar-refractivity contribution in [2.75, 3.05) is 0 Å². The van der Waals surface area contributed by atoms with Crippen molar-refractivity contribution in [2.45, 2.75) is 51.9 Å². The van der Waals surface area contributed by atoms with Gasteiger partial charge < -0.3 is 10.5 Å². The van der Waals surface area contributed by atoms with E-state index in [9.17, 15) is 4.79 Å². The van der Waals surface area contributed by atoms with Gasteiger partial charge in [0.05, 0.1) is 0 Å². The number of benzene rings is 1. The molecular weight excluding hydrogens is 226 g/mol. The lowest BCUT2D eigenvalue weighted by molar-refractivity contribution is 0.211. The van der Waals surface area contributed by atoms with Crippen LogP contribution in [0.25, 0.3) is 0 Å². The molecule has 0 fully saturated rings. The van der Waals surface area contributed by atoms with Gasteiger partial charge in [0.1, 0.15) is 5.75 Å². The minimum Gasteiger partial charge on any atom is -0.411 e. The van der Waals surface area contributed by atoms with Crippen molar-refractivity contribution < 1.29 is 9.53 Å². The van der Waals surface area contributed by atoms with E-state index < -0.39 is 6.09 Å². The first kappa shape index (κ1) is 14.6. The number of primary amides is 1. The lowest BCUT2D eigenvalue weighted by atomic mass is 10.1. The van der Waals surface area contributed by atoms with E-state index in [1.807, 2.05) is 12.1 Å². The smallest absolute Gasteiger partial charge is 0.409 e. The molecule has 1 aromatic rings. The van der Waals surface area contributed by atoms with Gasteiger partial charge in [-0.25, -0.2) is 4.79 Å². The maximum absolute atomic E-state index is 10.6. The number of carbonyl (C=O) groups excluding carboxylic acids is 1. The van der Waals surface area contributed by atoms with Crippen molar-refractivity contribution in [3.8, 4) is 5.75 Å². The number of ether oxygens (including phenoxy) is 1. The Kier molecular flexibility index (Phi) is 6.92. The molecule has 1 rings (SSSR count). The zero-order valence-electron chi connectivity index (χ0n) is 11.2. The van der Waals surface area contributed by atoms with Crippen LogP contribution in [0.2, 0.25) is 0 Å². The van der Waals surface area contributed by atoms with E-state index >= 15 is 0 Å². The summed E-state index contributed by atoms with van der Waals surface area (Å²) in [5.74, 6) is 0.509. The van der Waals surface area contributed by atoms with E-state index in [4.69, 9.17) is 10.5 Å². The first-order valence-corrected chi connectivity index (χ1v) is 6.78. The van der Waals surface area contributed by atoms with E-state index in [0.29, 0.717) is 5.75 Å². The number of hydrogen-bond donors (Lipinski definition) is 1. The first-order chi connectivity index (χ1) is 8.72. The van der Waals surface area contributed by atoms with Gasteiger partial charge in [-0.1, -0.05) is 51.2 Å². The molecule has 2 N–H and O–H groups in total. The Morgan fingerprint density at radius 2 is 1.67 bits per heavy atom. The van der Waals surface area contributed by atoms with Gasteiger partial charge in [0.25, 0.3) is 0 Å². The Morgan fingerprint density at radius 1 is 1.06 bits per heavy atom. The number of amides is 1. The van der Waals surface area contributed by atoms with E-state index in [1.54, 1.807) is 12.1 Å². The van der Waals surface area contributed by atoms with Crippen molar-refractivity contribution in [3.63, 3.8) is 0 Å². The van der Waals surface area contributed by atoms with Gasteiger partial charge in [0, 0.05) is 0 Å². The fraction of sp³-hybridized carbons (Fsp3) is 0.533. The van der Waals surface area contributed by atoms with Gasteiger partial charge in [-0.15, -0.1) is 0 Å². The van der Waals surface area contributed by atoms with Crippen LogP contribution in [0.3, 0.4) is 0 Å². The van der Waals surface area contributed by atoms with Crippen LogP contribution < -0.4 is 10.5 Å². The fourth-order valence-corrected chi connectivity index (χ4v) is 1.95. The van der Waals surface area contributed by atoms with Crippen LogP contribution in [0.15, 0.2) is 24.3 Å². The molecule has 0 saturated carbocycles. The van der Waals surface area contributed by atoms with Crippen molar-refractivity contribution in [3.05, 3.63) is 29.8 Å². The number of unbranched alkanes of at least 4 members (excludes halogenated alkanes) is 5. The second-order valence-corrected chi connectivity index (χ2v) is 4.58. The molecule has 0 bridgehead atoms. The largest absolute Gasteiger partial charge is 0.411 e. The van der Waals surface area contributed by atoms with Gasteiger partial charge >= 0.3 is 6.09 Å². The molecule has 0 heterocycles. The molecule has 0 aliphatic heterocycles. The molecule has 1 aromatic carbocycles. The van der Waals surface area contributed by atoms with Crippen molar-refractivity contribution >= 4 is 6.09 Å². The highest BCUT2D eigenvalue weighted by molar-refractivity contribution is 5.67. The Morgan fingerprint density at radius 3 is 2.28 bits per heavy atom. The Hall–Kier alpha value is -1.51. The molecule has 1 amide bonds. The molecule has 3 nitrogen and oxygen atoms in total. The lowest BCUT2D eigenvalue weighted by Crippen LogP contribution is -2.16. The molecule has 18 heavy (non-hydrogen) atoms. The molecule has 0 aliphatic rings. The van der Waals surface area contributed by atoms with E-state index in [-0.39, 0.29) is 0 Å². The summed E-state index contributed by atoms with van der Waals surface area (Å²) in [6, 6.07) is 7.56. The number of nitrogens with two attached hydrogens (primary N) is 1. The summed E-state index contributed by atoms with van der Waals surface area (Å²) in [6.45, 7) is 2.23. The minimum absolute atomic E-state index is 0.509. The zero-order valence-corrected chi connectivity index (χ0v) is 11.2. The highest BCUT2D eigenvalue weighted by Gasteiger charge is 1.99. The van der Waals surface area contributed by atoms with Crippen molar-refractivity contribution in [2.24, 2.45) is 5.73 Å². The van der Waals surface area contributed by atoms with Gasteiger partial charge in [-0.05, 0) is 30.5 Å². The summed E-state index contributed by atoms with van der Waals surface area (Å²) < 4.78 is 4.78. The molecule has 0 unspecified atom stereocenters. The maximum Gasteiger partial charge on any atom is 0.409 e. The third-order valence-corrected chi connectivity index (χ3v) is 2.96. The predicted octanol–water partition coefficient (Wildman–Crippen LogP) is 4.05. The molecule has 0 spiro atoms. The summed E-state index contributed by atoms with van der Waals surface area (Å²) in [6.07, 6.45) is 8.15. The third kappa shape index (κ3) is 6.28. The summed E-state index contributed by atoms with van der Waals surface area (Å²) >= 11 is 0. The number of hydrogen-bond acceptors (Lipinski definition) is 2. The van der Waals surface area contributed by atoms with Crippen LogP contribution in [-0.2, 0) is 6.42 Å². The van der Waals surface area contributed by atoms with Crippen molar-refractivity contribution in [1.29, 1.82) is 0 Å². The topological polar surface area (TPSA) is 52.3 Å². The second-order valence-electron chi connectivity index (χ2n) is 4.58. The Balaban J connectivity index is 2.20. The summed E-state index contributed by atoms with van der Waals surface area (Å²) in [5.41, 5.74) is 6.22. The first-order valence-electron chi connectivity index (χ1n) is 6.78. The zero-order chi connectivity index (χ0) is 13.2.